The third kappa shape index (κ3) is 16.6. The van der Waals surface area contributed by atoms with E-state index in [0.29, 0.717) is 31.4 Å². The first kappa shape index (κ1) is 57.5. The number of nitrogens with zero attached hydrogens (tertiary/aromatic N) is 3. The van der Waals surface area contributed by atoms with Gasteiger partial charge < -0.3 is 74.4 Å². The van der Waals surface area contributed by atoms with Gasteiger partial charge in [-0.15, -0.1) is 0 Å². The number of nitrogens with one attached hydrogen (secondary N) is 2. The molecule has 3 fully saturated rings. The van der Waals surface area contributed by atoms with E-state index >= 15 is 0 Å². The first-order valence-corrected chi connectivity index (χ1v) is 24.3. The number of carboxylic acid groups (broad SMARTS) is 1. The summed E-state index contributed by atoms with van der Waals surface area (Å²) in [4.78, 5) is 117. The number of ether oxygens (including phenoxy) is 6. The van der Waals surface area contributed by atoms with E-state index in [2.05, 4.69) is 10.6 Å². The molecule has 4 aliphatic heterocycles. The molecule has 10 atom stereocenters. The number of aliphatic carboxylic acids is 1. The van der Waals surface area contributed by atoms with Gasteiger partial charge in [0.1, 0.15) is 42.4 Å². The SMILES string of the molecule is CC(=O)O[C@]1(C)CC[C@@H](O)CC(=O)O[C@H](C)[C@@H](C)/C=C/[C@@H]1OC(=O)N1CCN(C(=O)OCc2ccc(O[C@@H]3O[C@H](C(=O)O)[C@@H](O)[C@H](O)[C@H]3O)c(NC(=O)CCNC(=O)CCCCCN3C(=O)CCC3=O)c2)CC1. The van der Waals surface area contributed by atoms with E-state index in [1.807, 2.05) is 0 Å². The molecule has 0 aromatic heterocycles. The van der Waals surface area contributed by atoms with Crippen LogP contribution in [0.15, 0.2) is 30.4 Å². The van der Waals surface area contributed by atoms with Crippen LogP contribution < -0.4 is 15.4 Å². The van der Waals surface area contributed by atoms with Crippen LogP contribution in [0.25, 0.3) is 0 Å². The Kier molecular flexibility index (Phi) is 20.9. The lowest BCUT2D eigenvalue weighted by molar-refractivity contribution is -0.271. The summed E-state index contributed by atoms with van der Waals surface area (Å²) in [7, 11) is 0. The molecule has 7 N–H and O–H groups in total. The summed E-state index contributed by atoms with van der Waals surface area (Å²) in [6.07, 6.45) is -9.17. The minimum Gasteiger partial charge on any atom is -0.479 e. The molecule has 0 saturated carbocycles. The van der Waals surface area contributed by atoms with Gasteiger partial charge in [0.05, 0.1) is 18.2 Å². The van der Waals surface area contributed by atoms with Crippen LogP contribution in [0.1, 0.15) is 97.5 Å². The van der Waals surface area contributed by atoms with E-state index in [-0.39, 0.29) is 119 Å². The van der Waals surface area contributed by atoms with Crippen LogP contribution in [0.3, 0.4) is 0 Å². The molecule has 0 aliphatic carbocycles. The number of piperazine rings is 1. The number of benzene rings is 1. The summed E-state index contributed by atoms with van der Waals surface area (Å²) >= 11 is 0. The number of carbonyl (C=O) groups is 9. The van der Waals surface area contributed by atoms with Crippen LogP contribution in [0.2, 0.25) is 0 Å². The molecule has 4 aliphatic rings. The van der Waals surface area contributed by atoms with Gasteiger partial charge in [-0.05, 0) is 63.3 Å². The van der Waals surface area contributed by atoms with E-state index in [0.717, 1.165) is 0 Å². The summed E-state index contributed by atoms with van der Waals surface area (Å²) in [6, 6.07) is 4.09. The molecular weight excluding hydrogens is 967 g/mol. The van der Waals surface area contributed by atoms with E-state index in [1.54, 1.807) is 32.9 Å². The van der Waals surface area contributed by atoms with Crippen molar-refractivity contribution in [3.8, 4) is 5.75 Å². The van der Waals surface area contributed by atoms with Crippen molar-refractivity contribution in [2.75, 3.05) is 44.6 Å². The molecule has 25 nitrogen and oxygen atoms in total. The van der Waals surface area contributed by atoms with Crippen LogP contribution in [0, 0.1) is 5.92 Å². The second kappa shape index (κ2) is 26.5. The Morgan fingerprint density at radius 3 is 2.16 bits per heavy atom. The fourth-order valence-electron chi connectivity index (χ4n) is 8.34. The van der Waals surface area contributed by atoms with Crippen LogP contribution in [0.5, 0.6) is 5.75 Å². The molecule has 3 saturated heterocycles. The molecule has 4 heterocycles. The number of cyclic esters (lactones) is 1. The highest BCUT2D eigenvalue weighted by Gasteiger charge is 2.48. The van der Waals surface area contributed by atoms with Crippen LogP contribution in [0.4, 0.5) is 15.3 Å². The summed E-state index contributed by atoms with van der Waals surface area (Å²) in [5.41, 5.74) is -1.20. The van der Waals surface area contributed by atoms with Crippen molar-refractivity contribution in [1.82, 2.24) is 20.0 Å². The van der Waals surface area contributed by atoms with Crippen molar-refractivity contribution in [3.05, 3.63) is 35.9 Å². The minimum absolute atomic E-state index is 0.0200. The number of amides is 6. The Hall–Kier alpha value is -6.41. The number of aliphatic hydroxyl groups excluding tert-OH is 4. The molecule has 0 unspecified atom stereocenters. The fourth-order valence-corrected chi connectivity index (χ4v) is 8.34. The van der Waals surface area contributed by atoms with E-state index in [9.17, 15) is 68.7 Å². The molecular formula is C48H67N5O20. The molecule has 73 heavy (non-hydrogen) atoms. The number of rotatable bonds is 17. The maximum Gasteiger partial charge on any atom is 0.410 e. The first-order valence-electron chi connectivity index (χ1n) is 24.3. The second-order valence-electron chi connectivity index (χ2n) is 18.7. The number of aliphatic hydroxyl groups is 4. The standard InChI is InChI=1S/C48H67N5O20/c1-27-9-12-34(48(4,73-29(3)54)17-15-31(55)25-39(60)69-28(27)2)71-47(67)52-22-20-51(21-23-52)46(66)68-26-30-10-11-33(70-45-42(63)40(61)41(62)43(72-45)44(64)65)32(24-30)50-36(57)16-18-49-35(56)8-6-5-7-19-53-37(58)13-14-38(53)59/h9-12,24,27-28,31,34,40-43,45,55,61-63H,5-8,13-23,25-26H2,1-4H3,(H,49,56)(H,50,57)(H,64,65)/b12-9+/t27-,28+,31+,34-,40-,41-,42+,43-,45+,48+/m0/s1. The zero-order chi connectivity index (χ0) is 53.6. The highest BCUT2D eigenvalue weighted by Crippen LogP contribution is 2.33. The lowest BCUT2D eigenvalue weighted by Gasteiger charge is -2.38. The Labute approximate surface area is 421 Å². The summed E-state index contributed by atoms with van der Waals surface area (Å²) < 4.78 is 33.6. The molecule has 0 radical (unpaired) electrons. The van der Waals surface area contributed by atoms with Gasteiger partial charge in [0.2, 0.25) is 29.9 Å². The summed E-state index contributed by atoms with van der Waals surface area (Å²) in [5.74, 6) is -4.80. The van der Waals surface area contributed by atoms with Gasteiger partial charge >= 0.3 is 30.1 Å². The quantitative estimate of drug-likeness (QED) is 0.0374. The third-order valence-corrected chi connectivity index (χ3v) is 12.9. The topological polar surface area (TPSA) is 344 Å². The minimum atomic E-state index is -2.00. The number of unbranched alkanes of at least 4 members (excludes halogenated alkanes) is 2. The van der Waals surface area contributed by atoms with Crippen molar-refractivity contribution in [3.63, 3.8) is 0 Å². The number of hydrogen-bond donors (Lipinski definition) is 7. The van der Waals surface area contributed by atoms with E-state index < -0.39 is 90.6 Å². The average molecular weight is 1030 g/mol. The Bertz CT molecular complexity index is 2190. The number of imide groups is 1. The predicted molar refractivity (Wildman–Crippen MR) is 250 cm³/mol. The number of hydrogen-bond acceptors (Lipinski definition) is 19. The molecule has 0 bridgehead atoms. The monoisotopic (exact) mass is 1030 g/mol. The van der Waals surface area contributed by atoms with Crippen LogP contribution in [-0.4, -0.2) is 188 Å². The predicted octanol–water partition coefficient (Wildman–Crippen LogP) is 0.862. The lowest BCUT2D eigenvalue weighted by atomic mass is 9.89. The van der Waals surface area contributed by atoms with E-state index in [1.165, 1.54) is 39.8 Å². The Morgan fingerprint density at radius 1 is 0.836 bits per heavy atom. The number of carbonyl (C=O) groups excluding carboxylic acids is 8. The van der Waals surface area contributed by atoms with Crippen LogP contribution >= 0.6 is 0 Å². The van der Waals surface area contributed by atoms with Crippen molar-refractivity contribution in [2.24, 2.45) is 5.92 Å². The van der Waals surface area contributed by atoms with E-state index in [4.69, 9.17) is 28.4 Å². The van der Waals surface area contributed by atoms with Crippen molar-refractivity contribution in [2.45, 2.75) is 153 Å². The number of likely N-dealkylation sites (tertiary alicyclic amines) is 1. The summed E-state index contributed by atoms with van der Waals surface area (Å²) in [5, 5.41) is 56.5. The zero-order valence-electron chi connectivity index (χ0n) is 41.3. The number of carboxylic acids is 1. The second-order valence-corrected chi connectivity index (χ2v) is 18.7. The Balaban J connectivity index is 1.18. The molecule has 5 rings (SSSR count). The van der Waals surface area contributed by atoms with Crippen molar-refractivity contribution < 1.29 is 97.1 Å². The molecule has 1 aromatic carbocycles. The van der Waals surface area contributed by atoms with Gasteiger partial charge in [0, 0.05) is 77.8 Å². The van der Waals surface area contributed by atoms with Crippen molar-refractivity contribution >= 4 is 59.4 Å². The Morgan fingerprint density at radius 2 is 1.51 bits per heavy atom. The van der Waals surface area contributed by atoms with Gasteiger partial charge in [-0.3, -0.25) is 33.7 Å². The third-order valence-electron chi connectivity index (χ3n) is 12.9. The first-order chi connectivity index (χ1) is 34.5. The molecule has 6 amide bonds. The average Bonchev–Trinajstić information content (AvgIpc) is 3.66. The highest BCUT2D eigenvalue weighted by molar-refractivity contribution is 6.01. The highest BCUT2D eigenvalue weighted by atomic mass is 16.7. The fraction of sp³-hybridized carbons (Fsp3) is 0.646. The van der Waals surface area contributed by atoms with Crippen LogP contribution in [-0.2, 0) is 63.9 Å². The number of anilines is 1. The number of esters is 2. The van der Waals surface area contributed by atoms with Gasteiger partial charge in [0.15, 0.2) is 12.2 Å². The smallest absolute Gasteiger partial charge is 0.410 e. The largest absolute Gasteiger partial charge is 0.479 e. The van der Waals surface area contributed by atoms with Gasteiger partial charge in [-0.2, -0.15) is 0 Å². The van der Waals surface area contributed by atoms with Gasteiger partial charge in [0.25, 0.3) is 0 Å². The van der Waals surface area contributed by atoms with Crippen molar-refractivity contribution in [1.29, 1.82) is 0 Å². The lowest BCUT2D eigenvalue weighted by Crippen LogP contribution is -2.61. The van der Waals surface area contributed by atoms with Gasteiger partial charge in [-0.1, -0.05) is 25.5 Å². The maximum atomic E-state index is 13.6. The maximum absolute atomic E-state index is 13.6. The molecule has 25 heteroatoms. The van der Waals surface area contributed by atoms with Gasteiger partial charge in [-0.25, -0.2) is 14.4 Å². The normalized spacial score (nSPS) is 28.4. The zero-order valence-corrected chi connectivity index (χ0v) is 41.3. The molecule has 0 spiro atoms. The molecule has 1 aromatic rings. The molecule has 404 valence electrons. The summed E-state index contributed by atoms with van der Waals surface area (Å²) in [6.45, 7) is 6.19.